The number of rotatable bonds is 10. The predicted octanol–water partition coefficient (Wildman–Crippen LogP) is 6.74. The number of nitrogens with one attached hydrogen (secondary N) is 2. The highest BCUT2D eigenvalue weighted by molar-refractivity contribution is 9.10. The van der Waals surface area contributed by atoms with Crippen LogP contribution >= 0.6 is 31.9 Å². The number of carbonyl (C=O) groups is 1. The first-order valence-electron chi connectivity index (χ1n) is 10.6. The monoisotopic (exact) mass is 589 g/mol. The van der Waals surface area contributed by atoms with Crippen LogP contribution in [0.15, 0.2) is 74.7 Å². The molecule has 0 saturated carbocycles. The van der Waals surface area contributed by atoms with Gasteiger partial charge in [0.1, 0.15) is 12.4 Å². The highest BCUT2D eigenvalue weighted by Crippen LogP contribution is 2.34. The molecule has 178 valence electrons. The summed E-state index contributed by atoms with van der Waals surface area (Å²) in [4.78, 5) is 12.1. The Hall–Kier alpha value is -3.04. The molecule has 0 aliphatic heterocycles. The van der Waals surface area contributed by atoms with Gasteiger partial charge >= 0.3 is 6.03 Å². The Balaban J connectivity index is 1.62. The standard InChI is InChI=1S/C25H25Br2N3O4/c1-3-32-21-11-9-20(10-12-21)29-25(31)30-28-15-18-13-23(33-4-2)24(14-22(18)27)34-16-17-5-7-19(26)8-6-17/h5-15H,3-4,16H2,1-2H3,(H2,29,30,31)/b28-15-. The third-order valence-electron chi connectivity index (χ3n) is 4.46. The van der Waals surface area contributed by atoms with Crippen molar-refractivity contribution in [1.82, 2.24) is 5.43 Å². The first kappa shape index (κ1) is 25.6. The summed E-state index contributed by atoms with van der Waals surface area (Å²) in [5.74, 6) is 1.93. The molecule has 0 aliphatic rings. The summed E-state index contributed by atoms with van der Waals surface area (Å²) in [7, 11) is 0. The minimum atomic E-state index is -0.462. The van der Waals surface area contributed by atoms with Gasteiger partial charge in [-0.2, -0.15) is 5.10 Å². The van der Waals surface area contributed by atoms with Crippen molar-refractivity contribution in [2.75, 3.05) is 18.5 Å². The van der Waals surface area contributed by atoms with Gasteiger partial charge in [-0.1, -0.05) is 28.1 Å². The molecule has 7 nitrogen and oxygen atoms in total. The molecule has 0 fully saturated rings. The largest absolute Gasteiger partial charge is 0.494 e. The molecule has 0 saturated heterocycles. The van der Waals surface area contributed by atoms with Crippen molar-refractivity contribution in [2.24, 2.45) is 5.10 Å². The van der Waals surface area contributed by atoms with Crippen LogP contribution in [0.3, 0.4) is 0 Å². The summed E-state index contributed by atoms with van der Waals surface area (Å²) >= 11 is 6.97. The number of carbonyl (C=O) groups excluding carboxylic acids is 1. The molecule has 2 amide bonds. The average molecular weight is 591 g/mol. The van der Waals surface area contributed by atoms with Crippen molar-refractivity contribution in [3.05, 3.63) is 80.7 Å². The highest BCUT2D eigenvalue weighted by atomic mass is 79.9. The fourth-order valence-electron chi connectivity index (χ4n) is 2.89. The van der Waals surface area contributed by atoms with Crippen LogP contribution in [0.1, 0.15) is 25.0 Å². The maximum absolute atomic E-state index is 12.1. The van der Waals surface area contributed by atoms with Crippen molar-refractivity contribution >= 4 is 49.8 Å². The van der Waals surface area contributed by atoms with E-state index in [2.05, 4.69) is 47.7 Å². The lowest BCUT2D eigenvalue weighted by atomic mass is 10.2. The van der Waals surface area contributed by atoms with E-state index in [0.29, 0.717) is 37.0 Å². The van der Waals surface area contributed by atoms with E-state index in [9.17, 15) is 4.79 Å². The maximum atomic E-state index is 12.1. The van der Waals surface area contributed by atoms with Gasteiger partial charge < -0.3 is 19.5 Å². The predicted molar refractivity (Wildman–Crippen MR) is 141 cm³/mol. The van der Waals surface area contributed by atoms with E-state index >= 15 is 0 Å². The van der Waals surface area contributed by atoms with Gasteiger partial charge in [-0.25, -0.2) is 10.2 Å². The number of nitrogens with zero attached hydrogens (tertiary/aromatic N) is 1. The van der Waals surface area contributed by atoms with E-state index in [0.717, 1.165) is 25.8 Å². The molecule has 0 unspecified atom stereocenters. The van der Waals surface area contributed by atoms with Crippen LogP contribution in [0.25, 0.3) is 0 Å². The third kappa shape index (κ3) is 7.78. The minimum absolute atomic E-state index is 0.403. The van der Waals surface area contributed by atoms with Gasteiger partial charge in [0.25, 0.3) is 0 Å². The lowest BCUT2D eigenvalue weighted by Gasteiger charge is -2.14. The molecule has 0 radical (unpaired) electrons. The van der Waals surface area contributed by atoms with Crippen LogP contribution in [0.4, 0.5) is 10.5 Å². The second-order valence-electron chi connectivity index (χ2n) is 6.95. The molecule has 0 bridgehead atoms. The minimum Gasteiger partial charge on any atom is -0.494 e. The Kier molecular flexibility index (Phi) is 9.78. The summed E-state index contributed by atoms with van der Waals surface area (Å²) in [5, 5.41) is 6.75. The lowest BCUT2D eigenvalue weighted by molar-refractivity contribution is 0.252. The second kappa shape index (κ2) is 13.0. The van der Waals surface area contributed by atoms with Gasteiger partial charge in [0.15, 0.2) is 11.5 Å². The molecular formula is C25H25Br2N3O4. The SMILES string of the molecule is CCOc1ccc(NC(=O)N/N=C\c2cc(OCC)c(OCc3ccc(Br)cc3)cc2Br)cc1. The Labute approximate surface area is 215 Å². The molecular weight excluding hydrogens is 566 g/mol. The lowest BCUT2D eigenvalue weighted by Crippen LogP contribution is -2.24. The van der Waals surface area contributed by atoms with Crippen molar-refractivity contribution in [3.8, 4) is 17.2 Å². The molecule has 0 aromatic heterocycles. The molecule has 0 aliphatic carbocycles. The molecule has 0 heterocycles. The van der Waals surface area contributed by atoms with Gasteiger partial charge in [0.05, 0.1) is 19.4 Å². The van der Waals surface area contributed by atoms with Gasteiger partial charge in [-0.15, -0.1) is 0 Å². The van der Waals surface area contributed by atoms with E-state index in [1.165, 1.54) is 6.21 Å². The van der Waals surface area contributed by atoms with Gasteiger partial charge in [-0.05, 0) is 83.9 Å². The number of urea groups is 1. The normalized spacial score (nSPS) is 10.7. The first-order valence-corrected chi connectivity index (χ1v) is 12.2. The topological polar surface area (TPSA) is 81.2 Å². The third-order valence-corrected chi connectivity index (χ3v) is 5.68. The zero-order chi connectivity index (χ0) is 24.3. The Morgan fingerprint density at radius 2 is 1.59 bits per heavy atom. The summed E-state index contributed by atoms with van der Waals surface area (Å²) in [6.45, 7) is 5.29. The van der Waals surface area contributed by atoms with Crippen molar-refractivity contribution in [1.29, 1.82) is 0 Å². The van der Waals surface area contributed by atoms with Crippen LogP contribution < -0.4 is 25.0 Å². The smallest absolute Gasteiger partial charge is 0.339 e. The van der Waals surface area contributed by atoms with Crippen LogP contribution in [0.5, 0.6) is 17.2 Å². The molecule has 0 atom stereocenters. The van der Waals surface area contributed by atoms with Crippen LogP contribution in [-0.4, -0.2) is 25.5 Å². The van der Waals surface area contributed by atoms with Crippen molar-refractivity contribution < 1.29 is 19.0 Å². The number of hydrogen-bond donors (Lipinski definition) is 2. The molecule has 34 heavy (non-hydrogen) atoms. The Morgan fingerprint density at radius 1 is 0.912 bits per heavy atom. The fourth-order valence-corrected chi connectivity index (χ4v) is 3.58. The zero-order valence-electron chi connectivity index (χ0n) is 18.8. The number of benzene rings is 3. The Morgan fingerprint density at radius 3 is 2.26 bits per heavy atom. The summed E-state index contributed by atoms with van der Waals surface area (Å²) < 4.78 is 18.9. The van der Waals surface area contributed by atoms with E-state index in [-0.39, 0.29) is 0 Å². The number of anilines is 1. The van der Waals surface area contributed by atoms with Crippen LogP contribution in [-0.2, 0) is 6.61 Å². The maximum Gasteiger partial charge on any atom is 0.339 e. The molecule has 3 aromatic rings. The summed E-state index contributed by atoms with van der Waals surface area (Å²) in [5.41, 5.74) is 4.84. The fraction of sp³-hybridized carbons (Fsp3) is 0.200. The molecule has 2 N–H and O–H groups in total. The highest BCUT2D eigenvalue weighted by Gasteiger charge is 2.11. The van der Waals surface area contributed by atoms with E-state index in [1.807, 2.05) is 44.2 Å². The number of hydrazone groups is 1. The van der Waals surface area contributed by atoms with Gasteiger partial charge in [0, 0.05) is 20.2 Å². The van der Waals surface area contributed by atoms with Gasteiger partial charge in [-0.3, -0.25) is 0 Å². The Bertz CT molecular complexity index is 1120. The molecule has 9 heteroatoms. The molecule has 3 aromatic carbocycles. The van der Waals surface area contributed by atoms with Crippen LogP contribution in [0, 0.1) is 0 Å². The molecule has 0 spiro atoms. The number of amides is 2. The van der Waals surface area contributed by atoms with Crippen molar-refractivity contribution in [3.63, 3.8) is 0 Å². The summed E-state index contributed by atoms with van der Waals surface area (Å²) in [6, 6.07) is 18.2. The number of ether oxygens (including phenoxy) is 3. The molecule has 3 rings (SSSR count). The number of halogens is 2. The van der Waals surface area contributed by atoms with E-state index < -0.39 is 6.03 Å². The first-order chi connectivity index (χ1) is 16.5. The van der Waals surface area contributed by atoms with E-state index in [1.54, 1.807) is 30.3 Å². The summed E-state index contributed by atoms with van der Waals surface area (Å²) in [6.07, 6.45) is 1.53. The zero-order valence-corrected chi connectivity index (χ0v) is 22.0. The van der Waals surface area contributed by atoms with E-state index in [4.69, 9.17) is 14.2 Å². The van der Waals surface area contributed by atoms with Crippen LogP contribution in [0.2, 0.25) is 0 Å². The van der Waals surface area contributed by atoms with Crippen molar-refractivity contribution in [2.45, 2.75) is 20.5 Å². The quantitative estimate of drug-likeness (QED) is 0.202. The van der Waals surface area contributed by atoms with Gasteiger partial charge in [0.2, 0.25) is 0 Å². The average Bonchev–Trinajstić information content (AvgIpc) is 2.82. The number of hydrogen-bond acceptors (Lipinski definition) is 5. The second-order valence-corrected chi connectivity index (χ2v) is 8.72.